The highest BCUT2D eigenvalue weighted by Crippen LogP contribution is 2.27. The van der Waals surface area contributed by atoms with E-state index < -0.39 is 12.0 Å². The summed E-state index contributed by atoms with van der Waals surface area (Å²) in [5.41, 5.74) is 3.88. The number of rotatable bonds is 11. The number of carboxylic acid groups (broad SMARTS) is 1. The third-order valence-electron chi connectivity index (χ3n) is 6.84. The van der Waals surface area contributed by atoms with E-state index in [0.29, 0.717) is 30.5 Å². The number of ether oxygens (including phenoxy) is 1. The van der Waals surface area contributed by atoms with Gasteiger partial charge in [-0.2, -0.15) is 0 Å². The van der Waals surface area contributed by atoms with Crippen molar-refractivity contribution in [3.63, 3.8) is 0 Å². The number of aromatic nitrogens is 1. The highest BCUT2D eigenvalue weighted by Gasteiger charge is 2.24. The van der Waals surface area contributed by atoms with Crippen molar-refractivity contribution in [3.05, 3.63) is 65.0 Å². The van der Waals surface area contributed by atoms with E-state index in [0.717, 1.165) is 42.5 Å². The van der Waals surface area contributed by atoms with Gasteiger partial charge in [0, 0.05) is 30.3 Å². The molecular weight excluding hydrogens is 486 g/mol. The summed E-state index contributed by atoms with van der Waals surface area (Å²) in [5, 5.41) is 15.3. The monoisotopic (exact) mass is 521 g/mol. The second kappa shape index (κ2) is 12.7. The molecule has 0 saturated heterocycles. The standard InChI is InChI=1S/C29H35N3O4S/c1-20-8-12-22(13-9-20)26-19-37-29(31-26)30-25(28(34)35)18-21-10-14-24(15-11-21)36-17-16-32(2)27(33)23-6-4-3-5-7-23/h8-15,19,23,25H,3-7,16-18H2,1-2H3,(H,30,31)(H,34,35)/t25-/m0/s1. The number of benzene rings is 2. The first-order valence-corrected chi connectivity index (χ1v) is 13.8. The molecule has 1 saturated carbocycles. The van der Waals surface area contributed by atoms with Crippen molar-refractivity contribution in [2.75, 3.05) is 25.5 Å². The number of aryl methyl sites for hydroxylation is 1. The third kappa shape index (κ3) is 7.55. The van der Waals surface area contributed by atoms with Crippen LogP contribution in [0.5, 0.6) is 5.75 Å². The number of hydrogen-bond acceptors (Lipinski definition) is 6. The van der Waals surface area contributed by atoms with Gasteiger partial charge in [-0.15, -0.1) is 11.3 Å². The van der Waals surface area contributed by atoms with E-state index in [1.54, 1.807) is 4.90 Å². The van der Waals surface area contributed by atoms with Crippen LogP contribution in [0.1, 0.15) is 43.2 Å². The minimum Gasteiger partial charge on any atom is -0.492 e. The van der Waals surface area contributed by atoms with Crippen LogP contribution in [0.15, 0.2) is 53.9 Å². The third-order valence-corrected chi connectivity index (χ3v) is 7.61. The van der Waals surface area contributed by atoms with Crippen molar-refractivity contribution >= 4 is 28.3 Å². The SMILES string of the molecule is Cc1ccc(-c2csc(N[C@@H](Cc3ccc(OCCN(C)C(=O)C4CCCCC4)cc3)C(=O)O)n2)cc1. The minimum atomic E-state index is -0.932. The van der Waals surface area contributed by atoms with Gasteiger partial charge in [-0.1, -0.05) is 61.2 Å². The zero-order chi connectivity index (χ0) is 26.2. The van der Waals surface area contributed by atoms with E-state index >= 15 is 0 Å². The number of aliphatic carboxylic acids is 1. The van der Waals surface area contributed by atoms with Crippen LogP contribution in [0.25, 0.3) is 11.3 Å². The fourth-order valence-electron chi connectivity index (χ4n) is 4.58. The lowest BCUT2D eigenvalue weighted by molar-refractivity contribution is -0.138. The molecule has 1 heterocycles. The Balaban J connectivity index is 1.27. The summed E-state index contributed by atoms with van der Waals surface area (Å²) in [4.78, 5) is 30.8. The minimum absolute atomic E-state index is 0.160. The Hall–Kier alpha value is -3.39. The molecule has 3 aromatic rings. The molecule has 7 nitrogen and oxygen atoms in total. The molecule has 2 N–H and O–H groups in total. The van der Waals surface area contributed by atoms with E-state index in [1.807, 2.05) is 67.9 Å². The summed E-state index contributed by atoms with van der Waals surface area (Å²) in [6, 6.07) is 14.7. The van der Waals surface area contributed by atoms with Gasteiger partial charge in [-0.05, 0) is 37.5 Å². The van der Waals surface area contributed by atoms with Crippen molar-refractivity contribution in [1.82, 2.24) is 9.88 Å². The Morgan fingerprint density at radius 3 is 2.49 bits per heavy atom. The van der Waals surface area contributed by atoms with E-state index in [1.165, 1.54) is 23.3 Å². The lowest BCUT2D eigenvalue weighted by Crippen LogP contribution is -2.36. The van der Waals surface area contributed by atoms with Crippen molar-refractivity contribution in [1.29, 1.82) is 0 Å². The Bertz CT molecular complexity index is 1170. The number of carbonyl (C=O) groups excluding carboxylic acids is 1. The number of nitrogens with one attached hydrogen (secondary N) is 1. The van der Waals surface area contributed by atoms with Crippen LogP contribution < -0.4 is 10.1 Å². The van der Waals surface area contributed by atoms with Crippen molar-refractivity contribution in [2.24, 2.45) is 5.92 Å². The van der Waals surface area contributed by atoms with Crippen LogP contribution in [0.4, 0.5) is 5.13 Å². The first-order chi connectivity index (χ1) is 17.9. The molecule has 0 radical (unpaired) electrons. The van der Waals surface area contributed by atoms with Gasteiger partial charge in [0.05, 0.1) is 12.2 Å². The summed E-state index contributed by atoms with van der Waals surface area (Å²) in [5.74, 6) is 0.146. The zero-order valence-corrected chi connectivity index (χ0v) is 22.3. The molecule has 0 unspecified atom stereocenters. The molecule has 0 aliphatic heterocycles. The molecular formula is C29H35N3O4S. The molecule has 0 spiro atoms. The van der Waals surface area contributed by atoms with Gasteiger partial charge in [-0.3, -0.25) is 4.79 Å². The maximum atomic E-state index is 12.6. The Morgan fingerprint density at radius 2 is 1.81 bits per heavy atom. The number of anilines is 1. The number of nitrogens with zero attached hydrogens (tertiary/aromatic N) is 2. The average Bonchev–Trinajstić information content (AvgIpc) is 3.38. The van der Waals surface area contributed by atoms with Crippen LogP contribution >= 0.6 is 11.3 Å². The van der Waals surface area contributed by atoms with Gasteiger partial charge < -0.3 is 20.1 Å². The fourth-order valence-corrected chi connectivity index (χ4v) is 5.35. The van der Waals surface area contributed by atoms with E-state index in [2.05, 4.69) is 10.3 Å². The maximum Gasteiger partial charge on any atom is 0.326 e. The van der Waals surface area contributed by atoms with Crippen LogP contribution in [-0.2, 0) is 16.0 Å². The molecule has 0 bridgehead atoms. The molecule has 1 atom stereocenters. The summed E-state index contributed by atoms with van der Waals surface area (Å²) < 4.78 is 5.84. The summed E-state index contributed by atoms with van der Waals surface area (Å²) in [6.45, 7) is 3.00. The van der Waals surface area contributed by atoms with Crippen molar-refractivity contribution in [2.45, 2.75) is 51.5 Å². The predicted octanol–water partition coefficient (Wildman–Crippen LogP) is 5.64. The normalized spacial score (nSPS) is 14.6. The first kappa shape index (κ1) is 26.7. The Kier molecular flexibility index (Phi) is 9.17. The smallest absolute Gasteiger partial charge is 0.326 e. The first-order valence-electron chi connectivity index (χ1n) is 12.9. The van der Waals surface area contributed by atoms with Crippen LogP contribution in [-0.4, -0.2) is 53.1 Å². The largest absolute Gasteiger partial charge is 0.492 e. The predicted molar refractivity (Wildman–Crippen MR) is 147 cm³/mol. The summed E-state index contributed by atoms with van der Waals surface area (Å²) >= 11 is 1.40. The Morgan fingerprint density at radius 1 is 1.11 bits per heavy atom. The molecule has 1 aliphatic rings. The lowest BCUT2D eigenvalue weighted by Gasteiger charge is -2.26. The van der Waals surface area contributed by atoms with Gasteiger partial charge in [-0.25, -0.2) is 9.78 Å². The number of carbonyl (C=O) groups is 2. The zero-order valence-electron chi connectivity index (χ0n) is 21.5. The van der Waals surface area contributed by atoms with Crippen LogP contribution in [0.3, 0.4) is 0 Å². The van der Waals surface area contributed by atoms with Crippen molar-refractivity contribution in [3.8, 4) is 17.0 Å². The quantitative estimate of drug-likeness (QED) is 0.339. The molecule has 1 fully saturated rings. The highest BCUT2D eigenvalue weighted by atomic mass is 32.1. The van der Waals surface area contributed by atoms with Gasteiger partial charge in [0.1, 0.15) is 18.4 Å². The summed E-state index contributed by atoms with van der Waals surface area (Å²) in [6.07, 6.45) is 5.82. The maximum absolute atomic E-state index is 12.6. The highest BCUT2D eigenvalue weighted by molar-refractivity contribution is 7.14. The molecule has 8 heteroatoms. The molecule has 1 aliphatic carbocycles. The fraction of sp³-hybridized carbons (Fsp3) is 0.414. The molecule has 2 aromatic carbocycles. The molecule has 196 valence electrons. The average molecular weight is 522 g/mol. The second-order valence-electron chi connectivity index (χ2n) is 9.73. The molecule has 4 rings (SSSR count). The van der Waals surface area contributed by atoms with E-state index in [9.17, 15) is 14.7 Å². The number of carboxylic acids is 1. The second-order valence-corrected chi connectivity index (χ2v) is 10.6. The van der Waals surface area contributed by atoms with E-state index in [4.69, 9.17) is 4.74 Å². The van der Waals surface area contributed by atoms with Gasteiger partial charge in [0.2, 0.25) is 5.91 Å². The number of amides is 1. The van der Waals surface area contributed by atoms with E-state index in [-0.39, 0.29) is 11.8 Å². The lowest BCUT2D eigenvalue weighted by atomic mass is 9.88. The number of thiazole rings is 1. The van der Waals surface area contributed by atoms with Crippen LogP contribution in [0.2, 0.25) is 0 Å². The summed E-state index contributed by atoms with van der Waals surface area (Å²) in [7, 11) is 1.84. The molecule has 1 amide bonds. The van der Waals surface area contributed by atoms with Crippen molar-refractivity contribution < 1.29 is 19.4 Å². The number of hydrogen-bond donors (Lipinski definition) is 2. The van der Waals surface area contributed by atoms with Crippen LogP contribution in [0, 0.1) is 12.8 Å². The molecule has 1 aromatic heterocycles. The number of likely N-dealkylation sites (N-methyl/N-ethyl adjacent to an activating group) is 1. The molecule has 37 heavy (non-hydrogen) atoms. The van der Waals surface area contributed by atoms with Gasteiger partial charge in [0.25, 0.3) is 0 Å². The van der Waals surface area contributed by atoms with Gasteiger partial charge in [0.15, 0.2) is 5.13 Å². The topological polar surface area (TPSA) is 91.8 Å². The Labute approximate surface area is 222 Å². The van der Waals surface area contributed by atoms with Gasteiger partial charge >= 0.3 is 5.97 Å².